The molecule has 0 saturated carbocycles. The summed E-state index contributed by atoms with van der Waals surface area (Å²) in [6.45, 7) is 6.46. The minimum absolute atomic E-state index is 0.290. The van der Waals surface area contributed by atoms with Crippen LogP contribution in [-0.2, 0) is 17.6 Å². The van der Waals surface area contributed by atoms with Crippen LogP contribution in [0.25, 0.3) is 0 Å². The van der Waals surface area contributed by atoms with E-state index in [9.17, 15) is 0 Å². The van der Waals surface area contributed by atoms with Crippen molar-refractivity contribution >= 4 is 21.9 Å². The molecule has 18 heavy (non-hydrogen) atoms. The van der Waals surface area contributed by atoms with Crippen LogP contribution in [0.4, 0.5) is 5.95 Å². The van der Waals surface area contributed by atoms with Gasteiger partial charge in [-0.05, 0) is 12.8 Å². The Bertz CT molecular complexity index is 402. The first-order valence-corrected chi connectivity index (χ1v) is 7.55. The van der Waals surface area contributed by atoms with Crippen LogP contribution >= 0.6 is 15.9 Å². The van der Waals surface area contributed by atoms with Crippen LogP contribution in [0.5, 0.6) is 0 Å². The Balaban J connectivity index is 2.26. The van der Waals surface area contributed by atoms with Gasteiger partial charge in [0.2, 0.25) is 5.95 Å². The maximum absolute atomic E-state index is 5.48. The number of rotatable bonds is 4. The Kier molecular flexibility index (Phi) is 4.88. The SMILES string of the molecule is CCc1nnc(N2CCOCC2CBr)nc1CC. The summed E-state index contributed by atoms with van der Waals surface area (Å²) in [6, 6.07) is 0.290. The van der Waals surface area contributed by atoms with Crippen LogP contribution in [0, 0.1) is 0 Å². The van der Waals surface area contributed by atoms with Gasteiger partial charge in [0.15, 0.2) is 0 Å². The Hall–Kier alpha value is -0.750. The second-order valence-corrected chi connectivity index (χ2v) is 4.94. The zero-order chi connectivity index (χ0) is 13.0. The lowest BCUT2D eigenvalue weighted by Crippen LogP contribution is -2.47. The number of aryl methyl sites for hydroxylation is 2. The van der Waals surface area contributed by atoms with E-state index in [-0.39, 0.29) is 6.04 Å². The summed E-state index contributed by atoms with van der Waals surface area (Å²) < 4.78 is 5.48. The van der Waals surface area contributed by atoms with Gasteiger partial charge < -0.3 is 9.64 Å². The number of hydrogen-bond acceptors (Lipinski definition) is 5. The Morgan fingerprint density at radius 1 is 1.28 bits per heavy atom. The quantitative estimate of drug-likeness (QED) is 0.790. The first-order valence-electron chi connectivity index (χ1n) is 6.42. The fourth-order valence-electron chi connectivity index (χ4n) is 2.10. The number of anilines is 1. The molecule has 100 valence electrons. The molecule has 0 aromatic carbocycles. The van der Waals surface area contributed by atoms with Crippen molar-refractivity contribution < 1.29 is 4.74 Å². The van der Waals surface area contributed by atoms with Gasteiger partial charge in [-0.15, -0.1) is 5.10 Å². The molecule has 0 aliphatic carbocycles. The molecule has 1 unspecified atom stereocenters. The van der Waals surface area contributed by atoms with E-state index in [0.717, 1.165) is 48.7 Å². The van der Waals surface area contributed by atoms with E-state index in [2.05, 4.69) is 49.9 Å². The van der Waals surface area contributed by atoms with E-state index < -0.39 is 0 Å². The zero-order valence-electron chi connectivity index (χ0n) is 10.9. The summed E-state index contributed by atoms with van der Waals surface area (Å²) in [5.74, 6) is 0.733. The van der Waals surface area contributed by atoms with Crippen LogP contribution in [-0.4, -0.2) is 46.3 Å². The van der Waals surface area contributed by atoms with Crippen molar-refractivity contribution in [3.63, 3.8) is 0 Å². The van der Waals surface area contributed by atoms with E-state index >= 15 is 0 Å². The molecule has 1 aromatic heterocycles. The van der Waals surface area contributed by atoms with Gasteiger partial charge in [-0.3, -0.25) is 0 Å². The highest BCUT2D eigenvalue weighted by atomic mass is 79.9. The van der Waals surface area contributed by atoms with Crippen LogP contribution in [0.1, 0.15) is 25.2 Å². The zero-order valence-corrected chi connectivity index (χ0v) is 12.5. The molecular formula is C12H19BrN4O. The smallest absolute Gasteiger partial charge is 0.246 e. The molecule has 2 heterocycles. The molecule has 0 bridgehead atoms. The third-order valence-corrected chi connectivity index (χ3v) is 3.91. The second-order valence-electron chi connectivity index (χ2n) is 4.29. The van der Waals surface area contributed by atoms with E-state index in [0.29, 0.717) is 6.61 Å². The molecule has 1 fully saturated rings. The van der Waals surface area contributed by atoms with Gasteiger partial charge in [0.05, 0.1) is 30.6 Å². The van der Waals surface area contributed by atoms with Gasteiger partial charge in [-0.25, -0.2) is 4.98 Å². The number of hydrogen-bond donors (Lipinski definition) is 0. The predicted octanol–water partition coefficient (Wildman–Crippen LogP) is 1.60. The van der Waals surface area contributed by atoms with Gasteiger partial charge in [-0.2, -0.15) is 5.10 Å². The van der Waals surface area contributed by atoms with Gasteiger partial charge in [0.1, 0.15) is 0 Å². The summed E-state index contributed by atoms with van der Waals surface area (Å²) in [4.78, 5) is 6.84. The molecule has 0 spiro atoms. The van der Waals surface area contributed by atoms with Crippen molar-refractivity contribution in [2.75, 3.05) is 30.0 Å². The fourth-order valence-corrected chi connectivity index (χ4v) is 2.63. The van der Waals surface area contributed by atoms with E-state index in [1.807, 2.05) is 0 Å². The third kappa shape index (κ3) is 2.80. The number of morpholine rings is 1. The monoisotopic (exact) mass is 314 g/mol. The maximum Gasteiger partial charge on any atom is 0.246 e. The third-order valence-electron chi connectivity index (χ3n) is 3.16. The Morgan fingerprint density at radius 2 is 2.06 bits per heavy atom. The van der Waals surface area contributed by atoms with Crippen LogP contribution in [0.2, 0.25) is 0 Å². The lowest BCUT2D eigenvalue weighted by Gasteiger charge is -2.34. The molecule has 1 atom stereocenters. The Morgan fingerprint density at radius 3 is 2.72 bits per heavy atom. The number of nitrogens with zero attached hydrogens (tertiary/aromatic N) is 4. The molecule has 0 radical (unpaired) electrons. The minimum atomic E-state index is 0.290. The second kappa shape index (κ2) is 6.43. The van der Waals surface area contributed by atoms with Gasteiger partial charge >= 0.3 is 0 Å². The molecule has 1 aliphatic heterocycles. The first-order chi connectivity index (χ1) is 8.80. The maximum atomic E-state index is 5.48. The molecule has 1 saturated heterocycles. The van der Waals surface area contributed by atoms with Gasteiger partial charge in [0, 0.05) is 11.9 Å². The lowest BCUT2D eigenvalue weighted by molar-refractivity contribution is 0.0994. The number of alkyl halides is 1. The van der Waals surface area contributed by atoms with E-state index in [1.165, 1.54) is 0 Å². The molecule has 0 N–H and O–H groups in total. The number of ether oxygens (including phenoxy) is 1. The van der Waals surface area contributed by atoms with Crippen molar-refractivity contribution in [2.45, 2.75) is 32.7 Å². The highest BCUT2D eigenvalue weighted by Gasteiger charge is 2.25. The first kappa shape index (κ1) is 13.7. The number of halogens is 1. The topological polar surface area (TPSA) is 51.1 Å². The van der Waals surface area contributed by atoms with Crippen molar-refractivity contribution in [1.29, 1.82) is 0 Å². The van der Waals surface area contributed by atoms with Crippen molar-refractivity contribution in [3.05, 3.63) is 11.4 Å². The summed E-state index contributed by atoms with van der Waals surface area (Å²) in [5.41, 5.74) is 2.06. The molecule has 1 aromatic rings. The summed E-state index contributed by atoms with van der Waals surface area (Å²) in [5, 5.41) is 9.42. The molecule has 2 rings (SSSR count). The van der Waals surface area contributed by atoms with Crippen LogP contribution in [0.3, 0.4) is 0 Å². The molecule has 0 amide bonds. The molecular weight excluding hydrogens is 296 g/mol. The standard InChI is InChI=1S/C12H19BrN4O/c1-3-10-11(4-2)15-16-12(14-10)17-5-6-18-8-9(17)7-13/h9H,3-8H2,1-2H3. The molecule has 6 heteroatoms. The normalized spacial score (nSPS) is 20.2. The predicted molar refractivity (Wildman–Crippen MR) is 74.3 cm³/mol. The van der Waals surface area contributed by atoms with Crippen molar-refractivity contribution in [1.82, 2.24) is 15.2 Å². The average molecular weight is 315 g/mol. The van der Waals surface area contributed by atoms with Crippen molar-refractivity contribution in [2.24, 2.45) is 0 Å². The van der Waals surface area contributed by atoms with E-state index in [4.69, 9.17) is 4.74 Å². The highest BCUT2D eigenvalue weighted by molar-refractivity contribution is 9.09. The minimum Gasteiger partial charge on any atom is -0.377 e. The average Bonchev–Trinajstić information content (AvgIpc) is 2.46. The molecule has 5 nitrogen and oxygen atoms in total. The fraction of sp³-hybridized carbons (Fsp3) is 0.750. The van der Waals surface area contributed by atoms with Crippen LogP contribution in [0.15, 0.2) is 0 Å². The van der Waals surface area contributed by atoms with E-state index in [1.54, 1.807) is 0 Å². The van der Waals surface area contributed by atoms with Gasteiger partial charge in [0.25, 0.3) is 0 Å². The van der Waals surface area contributed by atoms with Crippen LogP contribution < -0.4 is 4.90 Å². The van der Waals surface area contributed by atoms with Gasteiger partial charge in [-0.1, -0.05) is 29.8 Å². The highest BCUT2D eigenvalue weighted by Crippen LogP contribution is 2.17. The lowest BCUT2D eigenvalue weighted by atomic mass is 10.2. The largest absolute Gasteiger partial charge is 0.377 e. The van der Waals surface area contributed by atoms with Crippen molar-refractivity contribution in [3.8, 4) is 0 Å². The summed E-state index contributed by atoms with van der Waals surface area (Å²) in [6.07, 6.45) is 1.78. The number of aromatic nitrogens is 3. The molecule has 1 aliphatic rings. The summed E-state index contributed by atoms with van der Waals surface area (Å²) in [7, 11) is 0. The Labute approximate surface area is 116 Å². The summed E-state index contributed by atoms with van der Waals surface area (Å²) >= 11 is 3.51.